The molecule has 0 unspecified atom stereocenters. The predicted molar refractivity (Wildman–Crippen MR) is 72.0 cm³/mol. The molecule has 0 atom stereocenters. The van der Waals surface area contributed by atoms with E-state index >= 15 is 0 Å². The van der Waals surface area contributed by atoms with E-state index in [4.69, 9.17) is 5.73 Å². The summed E-state index contributed by atoms with van der Waals surface area (Å²) < 4.78 is 1.67. The van der Waals surface area contributed by atoms with Crippen LogP contribution in [0.1, 0.15) is 18.9 Å². The lowest BCUT2D eigenvalue weighted by Crippen LogP contribution is -2.37. The number of piperidine rings is 1. The van der Waals surface area contributed by atoms with Crippen molar-refractivity contribution in [3.8, 4) is 0 Å². The van der Waals surface area contributed by atoms with Gasteiger partial charge in [-0.3, -0.25) is 4.57 Å². The summed E-state index contributed by atoms with van der Waals surface area (Å²) in [6, 6.07) is 4.01. The number of nitrogen functional groups attached to an aromatic ring is 1. The smallest absolute Gasteiger partial charge is 0.343 e. The summed E-state index contributed by atoms with van der Waals surface area (Å²) in [5.74, 6) is 0.937. The molecule has 3 rings (SSSR count). The first-order valence-electron chi connectivity index (χ1n) is 6.32. The zero-order valence-electron chi connectivity index (χ0n) is 10.5. The minimum absolute atomic E-state index is 0.135. The Morgan fingerprint density at radius 2 is 2.11 bits per heavy atom. The second-order valence-corrected chi connectivity index (χ2v) is 4.74. The summed E-state index contributed by atoms with van der Waals surface area (Å²) in [6.07, 6.45) is 5.06. The molecule has 1 fully saturated rings. The molecule has 0 amide bonds. The highest BCUT2D eigenvalue weighted by molar-refractivity contribution is 5.45. The van der Waals surface area contributed by atoms with E-state index in [1.807, 2.05) is 12.1 Å². The van der Waals surface area contributed by atoms with Gasteiger partial charge in [0.1, 0.15) is 12.1 Å². The molecule has 0 saturated carbocycles. The average molecular weight is 260 g/mol. The highest BCUT2D eigenvalue weighted by Crippen LogP contribution is 2.24. The van der Waals surface area contributed by atoms with Crippen LogP contribution >= 0.6 is 0 Å². The molecule has 7 nitrogen and oxygen atoms in total. The lowest BCUT2D eigenvalue weighted by Gasteiger charge is -2.32. The third-order valence-corrected chi connectivity index (χ3v) is 3.53. The van der Waals surface area contributed by atoms with Gasteiger partial charge in [0.25, 0.3) is 0 Å². The Kier molecular flexibility index (Phi) is 2.94. The normalized spacial score (nSPS) is 16.7. The zero-order chi connectivity index (χ0) is 13.2. The van der Waals surface area contributed by atoms with Gasteiger partial charge in [-0.25, -0.2) is 14.9 Å². The number of hydrogen-bond acceptors (Lipinski definition) is 5. The third kappa shape index (κ3) is 2.31. The molecule has 0 bridgehead atoms. The van der Waals surface area contributed by atoms with Crippen LogP contribution in [0.3, 0.4) is 0 Å². The molecule has 0 aromatic carbocycles. The van der Waals surface area contributed by atoms with Crippen molar-refractivity contribution in [1.29, 1.82) is 0 Å². The van der Waals surface area contributed by atoms with E-state index in [2.05, 4.69) is 20.1 Å². The summed E-state index contributed by atoms with van der Waals surface area (Å²) in [7, 11) is 0. The first-order chi connectivity index (χ1) is 9.24. The second kappa shape index (κ2) is 4.75. The van der Waals surface area contributed by atoms with E-state index in [1.165, 1.54) is 0 Å². The van der Waals surface area contributed by atoms with Crippen LogP contribution in [0.2, 0.25) is 0 Å². The molecule has 100 valence electrons. The van der Waals surface area contributed by atoms with Crippen LogP contribution in [0.4, 0.5) is 11.5 Å². The van der Waals surface area contributed by atoms with Gasteiger partial charge in [-0.05, 0) is 25.0 Å². The number of rotatable bonds is 2. The number of hydrogen-bond donors (Lipinski definition) is 2. The van der Waals surface area contributed by atoms with Crippen molar-refractivity contribution in [2.24, 2.45) is 0 Å². The quantitative estimate of drug-likeness (QED) is 0.814. The Balaban J connectivity index is 1.68. The highest BCUT2D eigenvalue weighted by Gasteiger charge is 2.22. The fraction of sp³-hybridized carbons (Fsp3) is 0.417. The maximum Gasteiger partial charge on any atom is 0.343 e. The van der Waals surface area contributed by atoms with Gasteiger partial charge in [-0.1, -0.05) is 0 Å². The van der Waals surface area contributed by atoms with Gasteiger partial charge in [0.15, 0.2) is 0 Å². The predicted octanol–water partition coefficient (Wildman–Crippen LogP) is 0.390. The molecule has 2 aromatic heterocycles. The Labute approximate surface area is 110 Å². The molecule has 0 aliphatic carbocycles. The standard InChI is InChI=1S/C12H16N6O/c13-9-1-2-11(14-7-9)17-5-3-10(4-6-17)18-8-15-16-12(18)19/h1-2,7-8,10H,3-6,13H2,(H,16,19). The fourth-order valence-corrected chi connectivity index (χ4v) is 2.47. The van der Waals surface area contributed by atoms with Gasteiger partial charge in [0, 0.05) is 19.1 Å². The largest absolute Gasteiger partial charge is 0.397 e. The summed E-state index contributed by atoms with van der Waals surface area (Å²) in [5, 5.41) is 6.20. The molecule has 2 aromatic rings. The van der Waals surface area contributed by atoms with Crippen LogP contribution in [-0.2, 0) is 0 Å². The van der Waals surface area contributed by atoms with Gasteiger partial charge >= 0.3 is 5.69 Å². The van der Waals surface area contributed by atoms with Crippen molar-refractivity contribution in [3.63, 3.8) is 0 Å². The minimum atomic E-state index is -0.135. The molecule has 19 heavy (non-hydrogen) atoms. The third-order valence-electron chi connectivity index (χ3n) is 3.53. The van der Waals surface area contributed by atoms with Crippen LogP contribution in [0.5, 0.6) is 0 Å². The van der Waals surface area contributed by atoms with Crippen LogP contribution in [0.25, 0.3) is 0 Å². The molecule has 1 saturated heterocycles. The number of aromatic amines is 1. The molecule has 7 heteroatoms. The Morgan fingerprint density at radius 1 is 1.32 bits per heavy atom. The summed E-state index contributed by atoms with van der Waals surface area (Å²) in [5.41, 5.74) is 6.16. The SMILES string of the molecule is Nc1ccc(N2CCC(n3cn[nH]c3=O)CC2)nc1. The van der Waals surface area contributed by atoms with E-state index < -0.39 is 0 Å². The number of aromatic nitrogens is 4. The molecule has 1 aliphatic heterocycles. The van der Waals surface area contributed by atoms with Gasteiger partial charge in [0.05, 0.1) is 11.9 Å². The van der Waals surface area contributed by atoms with E-state index in [9.17, 15) is 4.79 Å². The van der Waals surface area contributed by atoms with Crippen molar-refractivity contribution >= 4 is 11.5 Å². The Bertz CT molecular complexity index is 593. The number of nitrogens with zero attached hydrogens (tertiary/aromatic N) is 4. The maximum atomic E-state index is 11.5. The van der Waals surface area contributed by atoms with Gasteiger partial charge in [-0.15, -0.1) is 0 Å². The van der Waals surface area contributed by atoms with E-state index in [1.54, 1.807) is 17.1 Å². The van der Waals surface area contributed by atoms with E-state index in [0.29, 0.717) is 5.69 Å². The summed E-state index contributed by atoms with van der Waals surface area (Å²) in [6.45, 7) is 1.75. The maximum absolute atomic E-state index is 11.5. The van der Waals surface area contributed by atoms with Crippen molar-refractivity contribution in [2.45, 2.75) is 18.9 Å². The number of nitrogens with two attached hydrogens (primary N) is 1. The average Bonchev–Trinajstić information content (AvgIpc) is 2.86. The van der Waals surface area contributed by atoms with E-state index in [0.717, 1.165) is 31.7 Å². The molecule has 3 heterocycles. The van der Waals surface area contributed by atoms with Crippen molar-refractivity contribution in [2.75, 3.05) is 23.7 Å². The van der Waals surface area contributed by atoms with Crippen LogP contribution in [0.15, 0.2) is 29.5 Å². The molecule has 3 N–H and O–H groups in total. The second-order valence-electron chi connectivity index (χ2n) is 4.74. The minimum Gasteiger partial charge on any atom is -0.397 e. The van der Waals surface area contributed by atoms with Gasteiger partial charge in [-0.2, -0.15) is 5.10 Å². The van der Waals surface area contributed by atoms with Crippen molar-refractivity contribution in [3.05, 3.63) is 35.1 Å². The number of nitrogens with one attached hydrogen (secondary N) is 1. The van der Waals surface area contributed by atoms with Crippen molar-refractivity contribution in [1.82, 2.24) is 19.7 Å². The van der Waals surface area contributed by atoms with Gasteiger partial charge < -0.3 is 10.6 Å². The molecule has 0 spiro atoms. The number of pyridine rings is 1. The summed E-state index contributed by atoms with van der Waals surface area (Å²) in [4.78, 5) is 18.0. The topological polar surface area (TPSA) is 92.8 Å². The Hall–Kier alpha value is -2.31. The Morgan fingerprint density at radius 3 is 2.68 bits per heavy atom. The lowest BCUT2D eigenvalue weighted by molar-refractivity contribution is 0.386. The molecule has 1 aliphatic rings. The van der Waals surface area contributed by atoms with Crippen LogP contribution < -0.4 is 16.3 Å². The lowest BCUT2D eigenvalue weighted by atomic mass is 10.1. The molecular weight excluding hydrogens is 244 g/mol. The fourth-order valence-electron chi connectivity index (χ4n) is 2.47. The van der Waals surface area contributed by atoms with E-state index in [-0.39, 0.29) is 11.7 Å². The zero-order valence-corrected chi connectivity index (χ0v) is 10.5. The number of anilines is 2. The highest BCUT2D eigenvalue weighted by atomic mass is 16.1. The van der Waals surface area contributed by atoms with Crippen LogP contribution in [-0.4, -0.2) is 32.8 Å². The van der Waals surface area contributed by atoms with Crippen LogP contribution in [0, 0.1) is 0 Å². The van der Waals surface area contributed by atoms with Crippen molar-refractivity contribution < 1.29 is 0 Å². The van der Waals surface area contributed by atoms with Gasteiger partial charge in [0.2, 0.25) is 0 Å². The monoisotopic (exact) mass is 260 g/mol. The summed E-state index contributed by atoms with van der Waals surface area (Å²) >= 11 is 0. The molecule has 0 radical (unpaired) electrons. The molecular formula is C12H16N6O. The first kappa shape index (κ1) is 11.8. The first-order valence-corrected chi connectivity index (χ1v) is 6.32. The number of H-pyrrole nitrogens is 1.